The number of nitrogens with one attached hydrogen (secondary N) is 1. The Balaban J connectivity index is 1.56. The van der Waals surface area contributed by atoms with Gasteiger partial charge in [-0.15, -0.1) is 0 Å². The molecule has 0 spiro atoms. The predicted molar refractivity (Wildman–Crippen MR) is 66.8 cm³/mol. The van der Waals surface area contributed by atoms with Crippen molar-refractivity contribution in [2.75, 3.05) is 13.2 Å². The lowest BCUT2D eigenvalue weighted by Gasteiger charge is -2.24. The number of rotatable bonds is 3. The van der Waals surface area contributed by atoms with E-state index in [1.807, 2.05) is 0 Å². The molecule has 3 fully saturated rings. The van der Waals surface area contributed by atoms with Crippen LogP contribution in [0.15, 0.2) is 0 Å². The van der Waals surface area contributed by atoms with Crippen LogP contribution >= 0.6 is 0 Å². The Kier molecular flexibility index (Phi) is 3.35. The molecule has 0 aromatic carbocycles. The largest absolute Gasteiger partial charge is 0.481 e. The topological polar surface area (TPSA) is 78.9 Å². The molecule has 3 rings (SSSR count). The maximum absolute atomic E-state index is 12.2. The standard InChI is InChI=1S/C13H20N2O4/c16-12(17)10-6-8-3-4-11(10)15(8)13(18)14-7-9-2-1-5-19-9/h8-11H,1-7H2,(H,14,18)(H,16,17). The molecule has 0 aromatic rings. The third kappa shape index (κ3) is 2.29. The smallest absolute Gasteiger partial charge is 0.318 e. The van der Waals surface area contributed by atoms with Crippen molar-refractivity contribution in [2.24, 2.45) is 5.92 Å². The van der Waals surface area contributed by atoms with Gasteiger partial charge < -0.3 is 20.1 Å². The van der Waals surface area contributed by atoms with Crippen molar-refractivity contribution in [2.45, 2.75) is 50.3 Å². The lowest BCUT2D eigenvalue weighted by atomic mass is 9.89. The Morgan fingerprint density at radius 1 is 1.32 bits per heavy atom. The molecular formula is C13H20N2O4. The quantitative estimate of drug-likeness (QED) is 0.794. The highest BCUT2D eigenvalue weighted by Gasteiger charge is 2.51. The minimum Gasteiger partial charge on any atom is -0.481 e. The first kappa shape index (κ1) is 12.7. The second kappa shape index (κ2) is 5.00. The number of amides is 2. The summed E-state index contributed by atoms with van der Waals surface area (Å²) in [6, 6.07) is -0.130. The number of carbonyl (C=O) groups is 2. The van der Waals surface area contributed by atoms with E-state index < -0.39 is 5.97 Å². The third-order valence-electron chi connectivity index (χ3n) is 4.59. The zero-order chi connectivity index (χ0) is 13.4. The number of carboxylic acids is 1. The highest BCUT2D eigenvalue weighted by molar-refractivity contribution is 5.79. The molecule has 0 radical (unpaired) electrons. The summed E-state index contributed by atoms with van der Waals surface area (Å²) >= 11 is 0. The van der Waals surface area contributed by atoms with E-state index in [9.17, 15) is 9.59 Å². The number of hydrogen-bond donors (Lipinski definition) is 2. The van der Waals surface area contributed by atoms with E-state index in [1.54, 1.807) is 4.90 Å². The molecule has 4 unspecified atom stereocenters. The monoisotopic (exact) mass is 268 g/mol. The van der Waals surface area contributed by atoms with Gasteiger partial charge in [-0.1, -0.05) is 0 Å². The minimum absolute atomic E-state index is 0.107. The van der Waals surface area contributed by atoms with Crippen molar-refractivity contribution in [1.29, 1.82) is 0 Å². The number of carboxylic acid groups (broad SMARTS) is 1. The fourth-order valence-corrected chi connectivity index (χ4v) is 3.67. The van der Waals surface area contributed by atoms with Gasteiger partial charge in [0.05, 0.1) is 12.0 Å². The van der Waals surface area contributed by atoms with Crippen molar-refractivity contribution >= 4 is 12.0 Å². The van der Waals surface area contributed by atoms with Crippen LogP contribution in [0.3, 0.4) is 0 Å². The first-order valence-electron chi connectivity index (χ1n) is 7.07. The van der Waals surface area contributed by atoms with E-state index in [0.29, 0.717) is 13.0 Å². The zero-order valence-corrected chi connectivity index (χ0v) is 10.9. The van der Waals surface area contributed by atoms with Crippen molar-refractivity contribution in [3.05, 3.63) is 0 Å². The van der Waals surface area contributed by atoms with Gasteiger partial charge in [0.2, 0.25) is 0 Å². The number of urea groups is 1. The molecule has 0 aromatic heterocycles. The minimum atomic E-state index is -0.774. The molecule has 6 nitrogen and oxygen atoms in total. The van der Waals surface area contributed by atoms with Crippen LogP contribution in [0.1, 0.15) is 32.1 Å². The zero-order valence-electron chi connectivity index (χ0n) is 10.9. The molecule has 2 N–H and O–H groups in total. The first-order chi connectivity index (χ1) is 9.16. The van der Waals surface area contributed by atoms with Gasteiger partial charge in [0, 0.05) is 25.2 Å². The summed E-state index contributed by atoms with van der Waals surface area (Å²) in [7, 11) is 0. The molecule has 3 aliphatic heterocycles. The van der Waals surface area contributed by atoms with E-state index >= 15 is 0 Å². The van der Waals surface area contributed by atoms with Gasteiger partial charge in [0.1, 0.15) is 0 Å². The summed E-state index contributed by atoms with van der Waals surface area (Å²) in [5.74, 6) is -1.16. The van der Waals surface area contributed by atoms with Crippen molar-refractivity contribution in [3.63, 3.8) is 0 Å². The summed E-state index contributed by atoms with van der Waals surface area (Å²) in [5, 5.41) is 12.1. The van der Waals surface area contributed by atoms with Crippen molar-refractivity contribution < 1.29 is 19.4 Å². The van der Waals surface area contributed by atoms with Crippen LogP contribution in [0.25, 0.3) is 0 Å². The maximum Gasteiger partial charge on any atom is 0.318 e. The lowest BCUT2D eigenvalue weighted by molar-refractivity contribution is -0.142. The number of fused-ring (bicyclic) bond motifs is 2. The number of ether oxygens (including phenoxy) is 1. The van der Waals surface area contributed by atoms with Gasteiger partial charge in [0.15, 0.2) is 0 Å². The summed E-state index contributed by atoms with van der Waals surface area (Å²) in [4.78, 5) is 25.1. The summed E-state index contributed by atoms with van der Waals surface area (Å²) in [6.45, 7) is 1.31. The van der Waals surface area contributed by atoms with E-state index in [0.717, 1.165) is 32.3 Å². The Morgan fingerprint density at radius 2 is 2.16 bits per heavy atom. The maximum atomic E-state index is 12.2. The Morgan fingerprint density at radius 3 is 2.79 bits per heavy atom. The van der Waals surface area contributed by atoms with E-state index in [1.165, 1.54) is 0 Å². The van der Waals surface area contributed by atoms with Crippen LogP contribution in [-0.4, -0.2) is 53.3 Å². The fourth-order valence-electron chi connectivity index (χ4n) is 3.67. The molecule has 3 aliphatic rings. The highest BCUT2D eigenvalue weighted by atomic mass is 16.5. The lowest BCUT2D eigenvalue weighted by Crippen LogP contribution is -2.46. The van der Waals surface area contributed by atoms with E-state index in [2.05, 4.69) is 5.32 Å². The van der Waals surface area contributed by atoms with Gasteiger partial charge >= 0.3 is 12.0 Å². The van der Waals surface area contributed by atoms with Crippen molar-refractivity contribution in [1.82, 2.24) is 10.2 Å². The Labute approximate surface area is 112 Å². The third-order valence-corrected chi connectivity index (χ3v) is 4.59. The van der Waals surface area contributed by atoms with Crippen LogP contribution in [0, 0.1) is 5.92 Å². The highest BCUT2D eigenvalue weighted by Crippen LogP contribution is 2.41. The first-order valence-corrected chi connectivity index (χ1v) is 7.07. The molecule has 3 saturated heterocycles. The van der Waals surface area contributed by atoms with Crippen LogP contribution in [0.5, 0.6) is 0 Å². The van der Waals surface area contributed by atoms with Gasteiger partial charge in [-0.2, -0.15) is 0 Å². The SMILES string of the molecule is O=C(O)C1CC2CCC1N2C(=O)NCC1CCCO1. The average molecular weight is 268 g/mol. The molecule has 0 aliphatic carbocycles. The second-order valence-corrected chi connectivity index (χ2v) is 5.71. The molecule has 106 valence electrons. The van der Waals surface area contributed by atoms with Gasteiger partial charge in [-0.25, -0.2) is 4.79 Å². The van der Waals surface area contributed by atoms with Gasteiger partial charge in [-0.3, -0.25) is 4.79 Å². The molecule has 6 heteroatoms. The molecule has 2 amide bonds. The summed E-state index contributed by atoms with van der Waals surface area (Å²) in [6.07, 6.45) is 4.52. The Bertz CT molecular complexity index is 381. The number of aliphatic carboxylic acids is 1. The molecular weight excluding hydrogens is 248 g/mol. The average Bonchev–Trinajstić information content (AvgIpc) is 3.11. The molecule has 2 bridgehead atoms. The van der Waals surface area contributed by atoms with Crippen LogP contribution < -0.4 is 5.32 Å². The summed E-state index contributed by atoms with van der Waals surface area (Å²) < 4.78 is 5.47. The molecule has 3 heterocycles. The molecule has 4 atom stereocenters. The summed E-state index contributed by atoms with van der Waals surface area (Å²) in [5.41, 5.74) is 0. The van der Waals surface area contributed by atoms with Gasteiger partial charge in [-0.05, 0) is 32.1 Å². The van der Waals surface area contributed by atoms with E-state index in [-0.39, 0.29) is 30.1 Å². The predicted octanol–water partition coefficient (Wildman–Crippen LogP) is 0.812. The molecule has 0 saturated carbocycles. The van der Waals surface area contributed by atoms with Crippen LogP contribution in [0.2, 0.25) is 0 Å². The number of carbonyl (C=O) groups excluding carboxylic acids is 1. The van der Waals surface area contributed by atoms with Crippen LogP contribution in [0.4, 0.5) is 4.79 Å². The van der Waals surface area contributed by atoms with Gasteiger partial charge in [0.25, 0.3) is 0 Å². The fraction of sp³-hybridized carbons (Fsp3) is 0.846. The second-order valence-electron chi connectivity index (χ2n) is 5.71. The Hall–Kier alpha value is -1.30. The number of nitrogens with zero attached hydrogens (tertiary/aromatic N) is 1. The van der Waals surface area contributed by atoms with Crippen molar-refractivity contribution in [3.8, 4) is 0 Å². The van der Waals surface area contributed by atoms with E-state index in [4.69, 9.17) is 9.84 Å². The normalized spacial score (nSPS) is 36.7. The number of hydrogen-bond acceptors (Lipinski definition) is 3. The molecule has 19 heavy (non-hydrogen) atoms. The van der Waals surface area contributed by atoms with Crippen LogP contribution in [-0.2, 0) is 9.53 Å².